The molecule has 0 heterocycles. The number of phenols is 1. The number of carbonyl (C=O) groups is 3. The quantitative estimate of drug-likeness (QED) is 0.154. The second-order valence-electron chi connectivity index (χ2n) is 11.2. The number of carbonyl (C=O) groups excluding carboxylic acids is 3. The number of anilines is 1. The van der Waals surface area contributed by atoms with Gasteiger partial charge in [0.2, 0.25) is 0 Å². The molecular weight excluding hydrogens is 554 g/mol. The van der Waals surface area contributed by atoms with Gasteiger partial charge in [0.1, 0.15) is 23.4 Å². The summed E-state index contributed by atoms with van der Waals surface area (Å²) in [5.74, 6) is -1.20. The van der Waals surface area contributed by atoms with Gasteiger partial charge in [-0.05, 0) is 78.6 Å². The zero-order valence-electron chi connectivity index (χ0n) is 24.9. The van der Waals surface area contributed by atoms with Gasteiger partial charge in [-0.3, -0.25) is 14.5 Å². The van der Waals surface area contributed by atoms with E-state index in [1.54, 1.807) is 63.2 Å². The summed E-state index contributed by atoms with van der Waals surface area (Å²) in [6, 6.07) is 26.4. The van der Waals surface area contributed by atoms with Gasteiger partial charge in [0.25, 0.3) is 11.8 Å². The standard InChI is InChI=1S/C36H35N3O5/c1-6-24-11-10-14-28(21-24)32(33(41)37-29-18-17-26-12-8-9-13-27(26)23-29)39(7-2)34(42)31(38-35(43)44-36(3,4)5)22-25-15-19-30(40)20-16-25/h2,6,8-21,23,31-32,40H,1,22H2,3-5H3,(H,37,41)(H,38,43). The van der Waals surface area contributed by atoms with E-state index in [-0.39, 0.29) is 12.2 Å². The van der Waals surface area contributed by atoms with Crippen LogP contribution in [0.2, 0.25) is 0 Å². The van der Waals surface area contributed by atoms with E-state index in [1.807, 2.05) is 42.5 Å². The predicted molar refractivity (Wildman–Crippen MR) is 172 cm³/mol. The van der Waals surface area contributed by atoms with Gasteiger partial charge < -0.3 is 20.5 Å². The van der Waals surface area contributed by atoms with Crippen molar-refractivity contribution in [2.24, 2.45) is 0 Å². The molecule has 0 saturated heterocycles. The molecule has 0 fully saturated rings. The van der Waals surface area contributed by atoms with E-state index in [9.17, 15) is 19.5 Å². The minimum Gasteiger partial charge on any atom is -0.508 e. The number of benzene rings is 4. The fourth-order valence-corrected chi connectivity index (χ4v) is 4.70. The van der Waals surface area contributed by atoms with E-state index in [1.165, 1.54) is 12.1 Å². The number of ether oxygens (including phenoxy) is 1. The SMILES string of the molecule is C#CN(C(=O)C(Cc1ccc(O)cc1)NC(=O)OC(C)(C)C)C(C(=O)Nc1ccc2ccccc2c1)c1cccc(C=C)c1. The summed E-state index contributed by atoms with van der Waals surface area (Å²) < 4.78 is 5.42. The number of phenolic OH excluding ortho intramolecular Hbond substituents is 1. The van der Waals surface area contributed by atoms with Crippen molar-refractivity contribution in [3.8, 4) is 18.2 Å². The highest BCUT2D eigenvalue weighted by molar-refractivity contribution is 6.01. The molecule has 44 heavy (non-hydrogen) atoms. The Labute approximate surface area is 257 Å². The van der Waals surface area contributed by atoms with Crippen molar-refractivity contribution in [2.75, 3.05) is 5.32 Å². The number of rotatable bonds is 9. The van der Waals surface area contributed by atoms with Crippen LogP contribution in [-0.4, -0.2) is 39.6 Å². The lowest BCUT2D eigenvalue weighted by molar-refractivity contribution is -0.136. The van der Waals surface area contributed by atoms with E-state index in [0.717, 1.165) is 21.2 Å². The molecule has 8 heteroatoms. The maximum absolute atomic E-state index is 14.2. The van der Waals surface area contributed by atoms with Gasteiger partial charge in [0.15, 0.2) is 0 Å². The number of hydrogen-bond acceptors (Lipinski definition) is 5. The molecule has 0 aliphatic carbocycles. The molecule has 0 aliphatic heterocycles. The Balaban J connectivity index is 1.72. The molecule has 4 aromatic carbocycles. The van der Waals surface area contributed by atoms with Gasteiger partial charge in [-0.15, -0.1) is 0 Å². The first-order chi connectivity index (χ1) is 21.0. The molecule has 4 rings (SSSR count). The zero-order chi connectivity index (χ0) is 31.9. The monoisotopic (exact) mass is 589 g/mol. The van der Waals surface area contributed by atoms with Crippen LogP contribution in [0.25, 0.3) is 16.8 Å². The van der Waals surface area contributed by atoms with Gasteiger partial charge >= 0.3 is 6.09 Å². The van der Waals surface area contributed by atoms with Crippen molar-refractivity contribution in [3.63, 3.8) is 0 Å². The molecule has 0 bridgehead atoms. The molecule has 8 nitrogen and oxygen atoms in total. The van der Waals surface area contributed by atoms with Crippen LogP contribution in [0.1, 0.15) is 43.5 Å². The Morgan fingerprint density at radius 3 is 2.34 bits per heavy atom. The zero-order valence-corrected chi connectivity index (χ0v) is 24.9. The largest absolute Gasteiger partial charge is 0.508 e. The van der Waals surface area contributed by atoms with Crippen LogP contribution in [0.5, 0.6) is 5.75 Å². The molecule has 0 aromatic heterocycles. The number of alkyl carbamates (subject to hydrolysis) is 1. The lowest BCUT2D eigenvalue weighted by atomic mass is 9.99. The van der Waals surface area contributed by atoms with Crippen LogP contribution in [0.15, 0.2) is 97.6 Å². The first-order valence-corrected chi connectivity index (χ1v) is 14.1. The Bertz CT molecular complexity index is 1720. The minimum atomic E-state index is -1.26. The summed E-state index contributed by atoms with van der Waals surface area (Å²) in [6.45, 7) is 8.93. The number of amides is 3. The topological polar surface area (TPSA) is 108 Å². The van der Waals surface area contributed by atoms with Gasteiger partial charge in [-0.2, -0.15) is 0 Å². The number of aromatic hydroxyl groups is 1. The molecule has 0 aliphatic rings. The molecule has 0 radical (unpaired) electrons. The van der Waals surface area contributed by atoms with Gasteiger partial charge in [0, 0.05) is 18.2 Å². The molecule has 3 amide bonds. The fourth-order valence-electron chi connectivity index (χ4n) is 4.70. The molecule has 4 aromatic rings. The van der Waals surface area contributed by atoms with Crippen LogP contribution in [0.4, 0.5) is 10.5 Å². The van der Waals surface area contributed by atoms with Crippen LogP contribution in [0.3, 0.4) is 0 Å². The Morgan fingerprint density at radius 1 is 0.977 bits per heavy atom. The number of nitrogens with zero attached hydrogens (tertiary/aromatic N) is 1. The molecule has 3 N–H and O–H groups in total. The molecular formula is C36H35N3O5. The normalized spacial score (nSPS) is 12.3. The van der Waals surface area contributed by atoms with Crippen LogP contribution < -0.4 is 10.6 Å². The second-order valence-corrected chi connectivity index (χ2v) is 11.2. The Kier molecular flexibility index (Phi) is 9.71. The van der Waals surface area contributed by atoms with E-state index < -0.39 is 35.6 Å². The smallest absolute Gasteiger partial charge is 0.408 e. The van der Waals surface area contributed by atoms with Crippen molar-refractivity contribution in [1.29, 1.82) is 0 Å². The van der Waals surface area contributed by atoms with Crippen molar-refractivity contribution in [1.82, 2.24) is 10.2 Å². The molecule has 0 saturated carbocycles. The first kappa shape index (κ1) is 31.4. The average Bonchev–Trinajstić information content (AvgIpc) is 2.99. The van der Waals surface area contributed by atoms with Crippen molar-refractivity contribution >= 4 is 40.4 Å². The highest BCUT2D eigenvalue weighted by Gasteiger charge is 2.36. The summed E-state index contributed by atoms with van der Waals surface area (Å²) in [4.78, 5) is 42.1. The van der Waals surface area contributed by atoms with Crippen LogP contribution in [0, 0.1) is 12.5 Å². The molecule has 224 valence electrons. The summed E-state index contributed by atoms with van der Waals surface area (Å²) in [6.07, 6.45) is 6.77. The lowest BCUT2D eigenvalue weighted by Gasteiger charge is -2.30. The fraction of sp³-hybridized carbons (Fsp3) is 0.194. The summed E-state index contributed by atoms with van der Waals surface area (Å²) >= 11 is 0. The highest BCUT2D eigenvalue weighted by Crippen LogP contribution is 2.27. The van der Waals surface area contributed by atoms with E-state index in [0.29, 0.717) is 16.8 Å². The second kappa shape index (κ2) is 13.6. The summed E-state index contributed by atoms with van der Waals surface area (Å²) in [5, 5.41) is 17.2. The van der Waals surface area contributed by atoms with E-state index in [4.69, 9.17) is 11.2 Å². The predicted octanol–water partition coefficient (Wildman–Crippen LogP) is 6.42. The van der Waals surface area contributed by atoms with Gasteiger partial charge in [-0.25, -0.2) is 4.79 Å². The number of fused-ring (bicyclic) bond motifs is 1. The summed E-state index contributed by atoms with van der Waals surface area (Å²) in [5.41, 5.74) is 1.52. The minimum absolute atomic E-state index is 0.0161. The molecule has 2 atom stereocenters. The highest BCUT2D eigenvalue weighted by atomic mass is 16.6. The third-order valence-electron chi connectivity index (χ3n) is 6.73. The van der Waals surface area contributed by atoms with Crippen LogP contribution >= 0.6 is 0 Å². The lowest BCUT2D eigenvalue weighted by Crippen LogP contribution is -2.51. The van der Waals surface area contributed by atoms with Crippen molar-refractivity contribution < 1.29 is 24.2 Å². The summed E-state index contributed by atoms with van der Waals surface area (Å²) in [7, 11) is 0. The number of terminal acetylenes is 1. The van der Waals surface area contributed by atoms with Crippen molar-refractivity contribution in [2.45, 2.75) is 44.9 Å². The van der Waals surface area contributed by atoms with Gasteiger partial charge in [0.05, 0.1) is 0 Å². The number of nitrogens with one attached hydrogen (secondary N) is 2. The first-order valence-electron chi connectivity index (χ1n) is 14.1. The average molecular weight is 590 g/mol. The van der Waals surface area contributed by atoms with Crippen LogP contribution in [-0.2, 0) is 20.7 Å². The van der Waals surface area contributed by atoms with Gasteiger partial charge in [-0.1, -0.05) is 79.7 Å². The van der Waals surface area contributed by atoms with E-state index >= 15 is 0 Å². The maximum atomic E-state index is 14.2. The Morgan fingerprint density at radius 2 is 1.68 bits per heavy atom. The van der Waals surface area contributed by atoms with Crippen molar-refractivity contribution in [3.05, 3.63) is 114 Å². The molecule has 0 spiro atoms. The third-order valence-corrected chi connectivity index (χ3v) is 6.73. The maximum Gasteiger partial charge on any atom is 0.408 e. The molecule has 2 unspecified atom stereocenters. The third kappa shape index (κ3) is 8.05. The van der Waals surface area contributed by atoms with E-state index in [2.05, 4.69) is 23.3 Å². The number of hydrogen-bond donors (Lipinski definition) is 3. The Hall–Kier alpha value is -5.55.